The Kier molecular flexibility index (Phi) is 2.53. The van der Waals surface area contributed by atoms with Crippen molar-refractivity contribution < 1.29 is 19.1 Å². The van der Waals surface area contributed by atoms with Crippen molar-refractivity contribution in [3.8, 4) is 10.6 Å². The molecule has 3 rings (SSSR count). The van der Waals surface area contributed by atoms with E-state index < -0.39 is 18.3 Å². The maximum Gasteiger partial charge on any atom is 0.417 e. The lowest BCUT2D eigenvalue weighted by molar-refractivity contribution is 0.0546. The molecule has 2 aromatic rings. The molecule has 0 fully saturated rings. The number of carbonyl (C=O) groups is 2. The molecule has 0 saturated heterocycles. The van der Waals surface area contributed by atoms with Gasteiger partial charge in [-0.3, -0.25) is 9.78 Å². The normalized spacial score (nSPS) is 17.6. The van der Waals surface area contributed by atoms with Gasteiger partial charge in [-0.1, -0.05) is 0 Å². The lowest BCUT2D eigenvalue weighted by Crippen LogP contribution is -2.31. The summed E-state index contributed by atoms with van der Waals surface area (Å²) in [7, 11) is 0. The van der Waals surface area contributed by atoms with Crippen LogP contribution in [0.5, 0.6) is 0 Å². The van der Waals surface area contributed by atoms with Crippen molar-refractivity contribution in [2.24, 2.45) is 0 Å². The summed E-state index contributed by atoms with van der Waals surface area (Å²) in [6.07, 6.45) is -0.736. The first-order valence-corrected chi connectivity index (χ1v) is 5.99. The smallest absolute Gasteiger partial charge is 0.417 e. The van der Waals surface area contributed by atoms with Gasteiger partial charge in [-0.25, -0.2) is 18.5 Å². The van der Waals surface area contributed by atoms with Gasteiger partial charge in [0.25, 0.3) is 5.91 Å². The van der Waals surface area contributed by atoms with Crippen LogP contribution in [0.1, 0.15) is 22.2 Å². The third kappa shape index (κ3) is 1.60. The van der Waals surface area contributed by atoms with Crippen LogP contribution >= 0.6 is 11.5 Å². The number of alkyl halides is 1. The summed E-state index contributed by atoms with van der Waals surface area (Å²) in [6.45, 7) is 0. The minimum absolute atomic E-state index is 0.0124. The number of fused-ring (bicyclic) bond motifs is 1. The summed E-state index contributed by atoms with van der Waals surface area (Å²) in [4.78, 5) is 27.7. The van der Waals surface area contributed by atoms with Crippen LogP contribution in [0.2, 0.25) is 0 Å². The molecule has 0 spiro atoms. The highest BCUT2D eigenvalue weighted by Gasteiger charge is 2.43. The molecule has 0 aromatic carbocycles. The van der Waals surface area contributed by atoms with Gasteiger partial charge in [0.2, 0.25) is 6.30 Å². The second-order valence-corrected chi connectivity index (χ2v) is 4.63. The third-order valence-electron chi connectivity index (χ3n) is 2.78. The number of rotatable bonds is 1. The summed E-state index contributed by atoms with van der Waals surface area (Å²) >= 11 is 1.10. The first kappa shape index (κ1) is 11.7. The summed E-state index contributed by atoms with van der Waals surface area (Å²) in [6, 6.07) is 2.95. The second kappa shape index (κ2) is 4.09. The third-order valence-corrected chi connectivity index (χ3v) is 3.53. The number of halogens is 1. The first-order chi connectivity index (χ1) is 9.11. The monoisotopic (exact) mass is 279 g/mol. The number of carbonyl (C=O) groups excluding carboxylic acids is 1. The minimum Gasteiger partial charge on any atom is -0.465 e. The van der Waals surface area contributed by atoms with E-state index in [9.17, 15) is 14.0 Å². The van der Waals surface area contributed by atoms with Gasteiger partial charge in [0, 0.05) is 18.0 Å². The van der Waals surface area contributed by atoms with Crippen LogP contribution in [0.25, 0.3) is 10.6 Å². The van der Waals surface area contributed by atoms with Crippen LogP contribution in [0.15, 0.2) is 24.5 Å². The predicted octanol–water partition coefficient (Wildman–Crippen LogP) is 2.31. The quantitative estimate of drug-likeness (QED) is 0.810. The largest absolute Gasteiger partial charge is 0.465 e. The van der Waals surface area contributed by atoms with Crippen molar-refractivity contribution in [2.45, 2.75) is 6.30 Å². The van der Waals surface area contributed by atoms with Crippen LogP contribution in [-0.4, -0.2) is 31.4 Å². The molecular formula is C11H6FN3O3S. The first-order valence-electron chi connectivity index (χ1n) is 5.21. The summed E-state index contributed by atoms with van der Waals surface area (Å²) in [5.41, 5.74) is 0.267. The standard InChI is InChI=1S/C11H6FN3O3S/c12-9-5-1-3-13-8(6-2-4-14-19-6)7(5)10(16)15(9)11(17)18/h1-4,9H,(H,17,18). The van der Waals surface area contributed by atoms with Crippen LogP contribution in [-0.2, 0) is 0 Å². The Hall–Kier alpha value is -2.35. The van der Waals surface area contributed by atoms with E-state index in [1.54, 1.807) is 6.07 Å². The number of pyridine rings is 1. The summed E-state index contributed by atoms with van der Waals surface area (Å²) < 4.78 is 17.9. The van der Waals surface area contributed by atoms with E-state index >= 15 is 0 Å². The number of amides is 2. The van der Waals surface area contributed by atoms with E-state index in [0.29, 0.717) is 4.88 Å². The lowest BCUT2D eigenvalue weighted by Gasteiger charge is -2.11. The second-order valence-electron chi connectivity index (χ2n) is 3.79. The van der Waals surface area contributed by atoms with Crippen LogP contribution in [0.4, 0.5) is 9.18 Å². The van der Waals surface area contributed by atoms with Crippen molar-refractivity contribution in [2.75, 3.05) is 0 Å². The minimum atomic E-state index is -1.99. The maximum atomic E-state index is 14.0. The average molecular weight is 279 g/mol. The summed E-state index contributed by atoms with van der Waals surface area (Å²) in [5, 5.41) is 8.88. The van der Waals surface area contributed by atoms with E-state index in [2.05, 4.69) is 9.36 Å². The molecule has 1 aliphatic heterocycles. The number of hydrogen-bond donors (Lipinski definition) is 1. The zero-order chi connectivity index (χ0) is 13.6. The molecule has 0 saturated carbocycles. The fraction of sp³-hybridized carbons (Fsp3) is 0.0909. The molecule has 8 heteroatoms. The molecule has 1 unspecified atom stereocenters. The Bertz CT molecular complexity index is 674. The van der Waals surface area contributed by atoms with Gasteiger partial charge in [-0.2, -0.15) is 0 Å². The van der Waals surface area contributed by atoms with Crippen LogP contribution < -0.4 is 0 Å². The van der Waals surface area contributed by atoms with Crippen molar-refractivity contribution in [3.63, 3.8) is 0 Å². The van der Waals surface area contributed by atoms with Gasteiger partial charge in [0.05, 0.1) is 16.1 Å². The Morgan fingerprint density at radius 1 is 1.42 bits per heavy atom. The fourth-order valence-corrected chi connectivity index (χ4v) is 2.57. The van der Waals surface area contributed by atoms with E-state index in [1.807, 2.05) is 0 Å². The van der Waals surface area contributed by atoms with Gasteiger partial charge in [-0.05, 0) is 23.7 Å². The molecule has 0 bridgehead atoms. The molecule has 0 aliphatic carbocycles. The van der Waals surface area contributed by atoms with Crippen molar-refractivity contribution in [3.05, 3.63) is 35.7 Å². The highest BCUT2D eigenvalue weighted by atomic mass is 32.1. The number of nitrogens with zero attached hydrogens (tertiary/aromatic N) is 3. The zero-order valence-electron chi connectivity index (χ0n) is 9.28. The van der Waals surface area contributed by atoms with Crippen molar-refractivity contribution in [1.29, 1.82) is 0 Å². The lowest BCUT2D eigenvalue weighted by atomic mass is 10.1. The SMILES string of the molecule is O=C(O)N1C(=O)c2c(ccnc2-c2ccns2)C1F. The number of hydrogen-bond acceptors (Lipinski definition) is 5. The molecule has 1 aliphatic rings. The highest BCUT2D eigenvalue weighted by Crippen LogP contribution is 2.39. The van der Waals surface area contributed by atoms with Crippen molar-refractivity contribution >= 4 is 23.5 Å². The predicted molar refractivity (Wildman–Crippen MR) is 63.4 cm³/mol. The molecule has 6 nitrogen and oxygen atoms in total. The maximum absolute atomic E-state index is 14.0. The molecule has 1 N–H and O–H groups in total. The van der Waals surface area contributed by atoms with E-state index in [0.717, 1.165) is 11.5 Å². The Labute approximate surface area is 110 Å². The Morgan fingerprint density at radius 2 is 2.21 bits per heavy atom. The van der Waals surface area contributed by atoms with E-state index in [4.69, 9.17) is 5.11 Å². The number of imide groups is 1. The van der Waals surface area contributed by atoms with Gasteiger partial charge < -0.3 is 5.11 Å². The van der Waals surface area contributed by atoms with Crippen LogP contribution in [0, 0.1) is 0 Å². The fourth-order valence-electron chi connectivity index (χ4n) is 1.97. The number of aromatic nitrogens is 2. The van der Waals surface area contributed by atoms with Gasteiger partial charge >= 0.3 is 6.09 Å². The topological polar surface area (TPSA) is 83.4 Å². The van der Waals surface area contributed by atoms with Gasteiger partial charge in [0.15, 0.2) is 0 Å². The Morgan fingerprint density at radius 3 is 2.84 bits per heavy atom. The molecule has 2 amide bonds. The zero-order valence-corrected chi connectivity index (χ0v) is 10.1. The van der Waals surface area contributed by atoms with E-state index in [1.165, 1.54) is 18.5 Å². The molecular weight excluding hydrogens is 273 g/mol. The van der Waals surface area contributed by atoms with E-state index in [-0.39, 0.29) is 21.7 Å². The van der Waals surface area contributed by atoms with Gasteiger partial charge in [-0.15, -0.1) is 0 Å². The molecule has 2 aromatic heterocycles. The molecule has 3 heterocycles. The molecule has 1 atom stereocenters. The molecule has 19 heavy (non-hydrogen) atoms. The Balaban J connectivity index is 2.21. The van der Waals surface area contributed by atoms with Crippen molar-refractivity contribution in [1.82, 2.24) is 14.3 Å². The number of carboxylic acid groups (broad SMARTS) is 1. The van der Waals surface area contributed by atoms with Crippen LogP contribution in [0.3, 0.4) is 0 Å². The van der Waals surface area contributed by atoms with Gasteiger partial charge in [0.1, 0.15) is 0 Å². The molecule has 0 radical (unpaired) electrons. The molecule has 96 valence electrons. The highest BCUT2D eigenvalue weighted by molar-refractivity contribution is 7.09. The average Bonchev–Trinajstić information content (AvgIpc) is 2.98. The summed E-state index contributed by atoms with van der Waals surface area (Å²) in [5.74, 6) is -0.897.